The molecule has 0 amide bonds. The highest BCUT2D eigenvalue weighted by molar-refractivity contribution is 9.10. The third-order valence-electron chi connectivity index (χ3n) is 2.97. The molecule has 1 heterocycles. The molecule has 2 rings (SSSR count). The standard InChI is InChI=1S/C11H14BrClN2O2S/c12-11-9(14)6-8(13)7-10(11)18(16,17)15-4-2-1-3-5-15/h6-7H,1-5,14H2. The van der Waals surface area contributed by atoms with E-state index in [4.69, 9.17) is 17.3 Å². The van der Waals surface area contributed by atoms with Gasteiger partial charge in [0.2, 0.25) is 10.0 Å². The van der Waals surface area contributed by atoms with Gasteiger partial charge in [-0.2, -0.15) is 4.31 Å². The predicted octanol–water partition coefficient (Wildman–Crippen LogP) is 2.86. The van der Waals surface area contributed by atoms with Gasteiger partial charge in [-0.05, 0) is 40.9 Å². The van der Waals surface area contributed by atoms with E-state index in [-0.39, 0.29) is 4.90 Å². The molecule has 1 fully saturated rings. The van der Waals surface area contributed by atoms with Crippen molar-refractivity contribution in [2.45, 2.75) is 24.2 Å². The van der Waals surface area contributed by atoms with E-state index in [0.717, 1.165) is 19.3 Å². The largest absolute Gasteiger partial charge is 0.398 e. The van der Waals surface area contributed by atoms with Crippen LogP contribution in [0.5, 0.6) is 0 Å². The van der Waals surface area contributed by atoms with Crippen molar-refractivity contribution in [3.63, 3.8) is 0 Å². The van der Waals surface area contributed by atoms with Crippen molar-refractivity contribution >= 4 is 43.2 Å². The van der Waals surface area contributed by atoms with Gasteiger partial charge in [0.15, 0.2) is 0 Å². The van der Waals surface area contributed by atoms with Gasteiger partial charge >= 0.3 is 0 Å². The Morgan fingerprint density at radius 1 is 1.22 bits per heavy atom. The van der Waals surface area contributed by atoms with E-state index in [0.29, 0.717) is 28.3 Å². The van der Waals surface area contributed by atoms with Crippen molar-refractivity contribution < 1.29 is 8.42 Å². The lowest BCUT2D eigenvalue weighted by molar-refractivity contribution is 0.346. The van der Waals surface area contributed by atoms with Gasteiger partial charge in [0.25, 0.3) is 0 Å². The molecule has 1 aliphatic heterocycles. The van der Waals surface area contributed by atoms with Crippen LogP contribution < -0.4 is 5.73 Å². The summed E-state index contributed by atoms with van der Waals surface area (Å²) in [6.07, 6.45) is 2.87. The average Bonchev–Trinajstić information content (AvgIpc) is 2.34. The summed E-state index contributed by atoms with van der Waals surface area (Å²) in [4.78, 5) is 0.148. The number of piperidine rings is 1. The Morgan fingerprint density at radius 2 is 1.83 bits per heavy atom. The highest BCUT2D eigenvalue weighted by Gasteiger charge is 2.28. The Bertz CT molecular complexity index is 556. The molecule has 0 atom stereocenters. The summed E-state index contributed by atoms with van der Waals surface area (Å²) in [6.45, 7) is 1.11. The normalized spacial score (nSPS) is 17.9. The molecule has 2 N–H and O–H groups in total. The van der Waals surface area contributed by atoms with Crippen LogP contribution in [0.15, 0.2) is 21.5 Å². The van der Waals surface area contributed by atoms with Crippen LogP contribution in [0.2, 0.25) is 5.02 Å². The monoisotopic (exact) mass is 352 g/mol. The van der Waals surface area contributed by atoms with Gasteiger partial charge in [0.1, 0.15) is 0 Å². The van der Waals surface area contributed by atoms with Crippen LogP contribution in [0.25, 0.3) is 0 Å². The van der Waals surface area contributed by atoms with E-state index in [9.17, 15) is 8.42 Å². The maximum Gasteiger partial charge on any atom is 0.244 e. The van der Waals surface area contributed by atoms with Gasteiger partial charge in [-0.25, -0.2) is 8.42 Å². The molecule has 0 aromatic heterocycles. The van der Waals surface area contributed by atoms with Crippen molar-refractivity contribution in [1.29, 1.82) is 0 Å². The molecule has 18 heavy (non-hydrogen) atoms. The van der Waals surface area contributed by atoms with Crippen molar-refractivity contribution in [2.24, 2.45) is 0 Å². The first-order valence-electron chi connectivity index (χ1n) is 5.67. The fraction of sp³-hybridized carbons (Fsp3) is 0.455. The van der Waals surface area contributed by atoms with Crippen LogP contribution >= 0.6 is 27.5 Å². The minimum atomic E-state index is -3.52. The first kappa shape index (κ1) is 14.1. The summed E-state index contributed by atoms with van der Waals surface area (Å²) in [5, 5.41) is 0.325. The van der Waals surface area contributed by atoms with E-state index < -0.39 is 10.0 Å². The number of benzene rings is 1. The number of nitrogens with zero attached hydrogens (tertiary/aromatic N) is 1. The van der Waals surface area contributed by atoms with Crippen molar-refractivity contribution in [3.8, 4) is 0 Å². The molecule has 1 aliphatic rings. The molecule has 1 aromatic rings. The van der Waals surface area contributed by atoms with E-state index in [1.54, 1.807) is 0 Å². The summed E-state index contributed by atoms with van der Waals surface area (Å²) in [5.74, 6) is 0. The zero-order valence-electron chi connectivity index (χ0n) is 9.70. The van der Waals surface area contributed by atoms with E-state index in [2.05, 4.69) is 15.9 Å². The van der Waals surface area contributed by atoms with E-state index in [1.165, 1.54) is 16.4 Å². The molecule has 0 unspecified atom stereocenters. The van der Waals surface area contributed by atoms with Crippen molar-refractivity contribution in [3.05, 3.63) is 21.6 Å². The molecular formula is C11H14BrClN2O2S. The summed E-state index contributed by atoms with van der Waals surface area (Å²) < 4.78 is 26.9. The maximum atomic E-state index is 12.5. The number of hydrogen-bond acceptors (Lipinski definition) is 3. The third kappa shape index (κ3) is 2.66. The summed E-state index contributed by atoms with van der Waals surface area (Å²) >= 11 is 9.11. The van der Waals surface area contributed by atoms with Gasteiger partial charge in [-0.1, -0.05) is 18.0 Å². The number of nitrogen functional groups attached to an aromatic ring is 1. The second-order valence-electron chi connectivity index (χ2n) is 4.27. The first-order valence-corrected chi connectivity index (χ1v) is 8.28. The molecular weight excluding hydrogens is 340 g/mol. The van der Waals surface area contributed by atoms with Gasteiger partial charge in [-0.3, -0.25) is 0 Å². The molecule has 0 radical (unpaired) electrons. The van der Waals surface area contributed by atoms with Crippen LogP contribution in [0.4, 0.5) is 5.69 Å². The Hall–Kier alpha value is -0.300. The number of sulfonamides is 1. The lowest BCUT2D eigenvalue weighted by Gasteiger charge is -2.26. The molecule has 0 saturated carbocycles. The highest BCUT2D eigenvalue weighted by Crippen LogP contribution is 2.34. The summed E-state index contributed by atoms with van der Waals surface area (Å²) in [7, 11) is -3.52. The van der Waals surface area contributed by atoms with Crippen LogP contribution in [0, 0.1) is 0 Å². The second kappa shape index (κ2) is 5.36. The predicted molar refractivity (Wildman–Crippen MR) is 76.2 cm³/mol. The molecule has 0 aliphatic carbocycles. The van der Waals surface area contributed by atoms with Gasteiger partial charge in [0, 0.05) is 23.8 Å². The molecule has 0 bridgehead atoms. The number of halogens is 2. The summed E-state index contributed by atoms with van der Waals surface area (Å²) in [5.41, 5.74) is 6.06. The average molecular weight is 354 g/mol. The Kier molecular flexibility index (Phi) is 4.21. The Labute approximate surface area is 120 Å². The summed E-state index contributed by atoms with van der Waals surface area (Å²) in [6, 6.07) is 2.97. The minimum absolute atomic E-state index is 0.148. The molecule has 0 spiro atoms. The molecule has 4 nitrogen and oxygen atoms in total. The smallest absolute Gasteiger partial charge is 0.244 e. The molecule has 1 saturated heterocycles. The molecule has 7 heteroatoms. The van der Waals surface area contributed by atoms with Crippen LogP contribution in [-0.2, 0) is 10.0 Å². The fourth-order valence-corrected chi connectivity index (χ4v) is 4.79. The van der Waals surface area contributed by atoms with E-state index >= 15 is 0 Å². The van der Waals surface area contributed by atoms with Crippen molar-refractivity contribution in [2.75, 3.05) is 18.8 Å². The minimum Gasteiger partial charge on any atom is -0.398 e. The Morgan fingerprint density at radius 3 is 2.44 bits per heavy atom. The van der Waals surface area contributed by atoms with Gasteiger partial charge < -0.3 is 5.73 Å². The number of anilines is 1. The van der Waals surface area contributed by atoms with E-state index in [1.807, 2.05) is 0 Å². The second-order valence-corrected chi connectivity index (χ2v) is 7.41. The SMILES string of the molecule is Nc1cc(Cl)cc(S(=O)(=O)N2CCCCC2)c1Br. The zero-order valence-corrected chi connectivity index (χ0v) is 12.9. The van der Waals surface area contributed by atoms with Gasteiger partial charge in [0.05, 0.1) is 9.37 Å². The Balaban J connectivity index is 2.46. The van der Waals surface area contributed by atoms with Crippen LogP contribution in [-0.4, -0.2) is 25.8 Å². The lowest BCUT2D eigenvalue weighted by Crippen LogP contribution is -2.35. The van der Waals surface area contributed by atoms with Crippen LogP contribution in [0.1, 0.15) is 19.3 Å². The number of nitrogens with two attached hydrogens (primary N) is 1. The van der Waals surface area contributed by atoms with Crippen molar-refractivity contribution in [1.82, 2.24) is 4.31 Å². The highest BCUT2D eigenvalue weighted by atomic mass is 79.9. The zero-order chi connectivity index (χ0) is 13.3. The maximum absolute atomic E-state index is 12.5. The molecule has 100 valence electrons. The fourth-order valence-electron chi connectivity index (χ4n) is 2.02. The third-order valence-corrected chi connectivity index (χ3v) is 6.25. The molecule has 1 aromatic carbocycles. The topological polar surface area (TPSA) is 63.4 Å². The number of rotatable bonds is 2. The first-order chi connectivity index (χ1) is 8.43. The number of hydrogen-bond donors (Lipinski definition) is 1. The van der Waals surface area contributed by atoms with Gasteiger partial charge in [-0.15, -0.1) is 0 Å². The quantitative estimate of drug-likeness (QED) is 0.832. The van der Waals surface area contributed by atoms with Crippen LogP contribution in [0.3, 0.4) is 0 Å². The lowest BCUT2D eigenvalue weighted by atomic mass is 10.2.